The predicted molar refractivity (Wildman–Crippen MR) is 154 cm³/mol. The average molecular weight is 596 g/mol. The topological polar surface area (TPSA) is 75.0 Å². The second kappa shape index (κ2) is 12.3. The number of hydrogen-bond donors (Lipinski definition) is 0. The normalized spacial score (nSPS) is 13.0. The molecule has 11 heteroatoms. The molecule has 1 aliphatic rings. The van der Waals surface area contributed by atoms with Crippen LogP contribution in [-0.2, 0) is 17.9 Å². The summed E-state index contributed by atoms with van der Waals surface area (Å²) >= 11 is 0. The van der Waals surface area contributed by atoms with E-state index in [9.17, 15) is 18.0 Å². The first kappa shape index (κ1) is 29.8. The second-order valence-electron chi connectivity index (χ2n) is 10.4. The number of ether oxygens (including phenoxy) is 4. The average Bonchev–Trinajstić information content (AvgIpc) is 3.74. The van der Waals surface area contributed by atoms with Gasteiger partial charge in [0.1, 0.15) is 29.4 Å². The van der Waals surface area contributed by atoms with Gasteiger partial charge < -0.3 is 23.8 Å². The molecule has 0 saturated heterocycles. The molecule has 3 aromatic carbocycles. The minimum atomic E-state index is -4.83. The molecule has 1 fully saturated rings. The first-order valence-corrected chi connectivity index (χ1v) is 13.7. The second-order valence-corrected chi connectivity index (χ2v) is 10.4. The Kier molecular flexibility index (Phi) is 8.52. The van der Waals surface area contributed by atoms with Crippen LogP contribution in [0.4, 0.5) is 18.9 Å². The van der Waals surface area contributed by atoms with Crippen LogP contribution >= 0.6 is 0 Å². The maximum atomic E-state index is 13.1. The molecule has 0 bridgehead atoms. The number of aryl methyl sites for hydroxylation is 1. The highest BCUT2D eigenvalue weighted by Gasteiger charge is 2.34. The number of benzene rings is 3. The van der Waals surface area contributed by atoms with Crippen LogP contribution in [0.25, 0.3) is 5.69 Å². The van der Waals surface area contributed by atoms with E-state index in [2.05, 4.69) is 14.7 Å². The van der Waals surface area contributed by atoms with Gasteiger partial charge in [-0.3, -0.25) is 0 Å². The van der Waals surface area contributed by atoms with Gasteiger partial charge in [0.25, 0.3) is 0 Å². The van der Waals surface area contributed by atoms with Crippen molar-refractivity contribution in [3.8, 4) is 22.9 Å². The van der Waals surface area contributed by atoms with E-state index >= 15 is 0 Å². The van der Waals surface area contributed by atoms with Gasteiger partial charge in [-0.2, -0.15) is 5.10 Å². The standard InChI is InChI=1S/C32H32F3N3O5/c1-20-15-23(12-14-26(20)37(2)18-21-9-13-24(31(39)41-4)30(16-21)40-3)42-19-28-25(22-10-11-22)17-36-38(28)27-7-5-6-8-29(27)43-32(33,34)35/h5-9,12-17,22H,10-11,18-19H2,1-4H3. The van der Waals surface area contributed by atoms with Gasteiger partial charge in [0.05, 0.1) is 26.1 Å². The molecule has 43 heavy (non-hydrogen) atoms. The maximum absolute atomic E-state index is 13.1. The molecular weight excluding hydrogens is 563 g/mol. The van der Waals surface area contributed by atoms with Gasteiger partial charge in [0.2, 0.25) is 0 Å². The number of anilines is 1. The van der Waals surface area contributed by atoms with E-state index in [1.165, 1.54) is 31.0 Å². The third-order valence-electron chi connectivity index (χ3n) is 7.28. The molecule has 0 spiro atoms. The number of alkyl halides is 3. The van der Waals surface area contributed by atoms with Gasteiger partial charge in [0.15, 0.2) is 5.75 Å². The highest BCUT2D eigenvalue weighted by molar-refractivity contribution is 5.92. The molecule has 0 amide bonds. The van der Waals surface area contributed by atoms with Crippen LogP contribution in [0.5, 0.6) is 17.2 Å². The van der Waals surface area contributed by atoms with Gasteiger partial charge in [-0.1, -0.05) is 18.2 Å². The van der Waals surface area contributed by atoms with E-state index < -0.39 is 12.3 Å². The summed E-state index contributed by atoms with van der Waals surface area (Å²) in [5, 5.41) is 4.43. The van der Waals surface area contributed by atoms with E-state index in [-0.39, 0.29) is 18.0 Å². The van der Waals surface area contributed by atoms with E-state index in [1.807, 2.05) is 44.3 Å². The number of hydrogen-bond acceptors (Lipinski definition) is 7. The van der Waals surface area contributed by atoms with E-state index in [0.717, 1.165) is 35.2 Å². The maximum Gasteiger partial charge on any atom is 0.573 e. The first-order valence-electron chi connectivity index (χ1n) is 13.7. The molecular formula is C32H32F3N3O5. The highest BCUT2D eigenvalue weighted by Crippen LogP contribution is 2.43. The van der Waals surface area contributed by atoms with Crippen molar-refractivity contribution >= 4 is 11.7 Å². The third kappa shape index (κ3) is 6.87. The quantitative estimate of drug-likeness (QED) is 0.174. The summed E-state index contributed by atoms with van der Waals surface area (Å²) in [7, 11) is 4.80. The summed E-state index contributed by atoms with van der Waals surface area (Å²) in [6.07, 6.45) is -1.13. The highest BCUT2D eigenvalue weighted by atomic mass is 19.4. The largest absolute Gasteiger partial charge is 0.573 e. The Morgan fingerprint density at radius 3 is 2.49 bits per heavy atom. The van der Waals surface area contributed by atoms with Crippen molar-refractivity contribution in [2.75, 3.05) is 26.2 Å². The first-order chi connectivity index (χ1) is 20.6. The summed E-state index contributed by atoms with van der Waals surface area (Å²) < 4.78 is 61.4. The zero-order valence-corrected chi connectivity index (χ0v) is 24.3. The van der Waals surface area contributed by atoms with Crippen molar-refractivity contribution in [3.63, 3.8) is 0 Å². The van der Waals surface area contributed by atoms with Gasteiger partial charge in [-0.05, 0) is 79.3 Å². The number of aromatic nitrogens is 2. The number of halogens is 3. The number of esters is 1. The predicted octanol–water partition coefficient (Wildman–Crippen LogP) is 6.97. The molecule has 0 radical (unpaired) electrons. The Morgan fingerprint density at radius 2 is 1.81 bits per heavy atom. The van der Waals surface area contributed by atoms with Crippen LogP contribution in [0.1, 0.15) is 51.5 Å². The lowest BCUT2D eigenvalue weighted by Gasteiger charge is -2.23. The third-order valence-corrected chi connectivity index (χ3v) is 7.28. The van der Waals surface area contributed by atoms with Crippen molar-refractivity contribution in [2.45, 2.75) is 45.2 Å². The van der Waals surface area contributed by atoms with E-state index in [0.29, 0.717) is 35.2 Å². The van der Waals surface area contributed by atoms with Crippen LogP contribution in [0, 0.1) is 6.92 Å². The lowest BCUT2D eigenvalue weighted by atomic mass is 10.1. The van der Waals surface area contributed by atoms with Gasteiger partial charge in [-0.15, -0.1) is 13.2 Å². The van der Waals surface area contributed by atoms with Gasteiger partial charge >= 0.3 is 12.3 Å². The summed E-state index contributed by atoms with van der Waals surface area (Å²) in [6.45, 7) is 2.65. The monoisotopic (exact) mass is 595 g/mol. The molecule has 0 unspecified atom stereocenters. The zero-order valence-electron chi connectivity index (χ0n) is 24.3. The number of rotatable bonds is 11. The molecule has 0 N–H and O–H groups in total. The molecule has 0 atom stereocenters. The fraction of sp³-hybridized carbons (Fsp3) is 0.312. The Hall–Kier alpha value is -4.67. The Labute approximate surface area is 247 Å². The SMILES string of the molecule is COC(=O)c1ccc(CN(C)c2ccc(OCc3c(C4CC4)cnn3-c3ccccc3OC(F)(F)F)cc2C)cc1OC. The Bertz CT molecular complexity index is 1610. The fourth-order valence-electron chi connectivity index (χ4n) is 5.09. The number of carbonyl (C=O) groups excluding carboxylic acids is 1. The van der Waals surface area contributed by atoms with Crippen molar-refractivity contribution in [1.29, 1.82) is 0 Å². The van der Waals surface area contributed by atoms with Crippen LogP contribution < -0.4 is 19.1 Å². The summed E-state index contributed by atoms with van der Waals surface area (Å²) in [4.78, 5) is 14.1. The summed E-state index contributed by atoms with van der Waals surface area (Å²) in [5.41, 5.74) is 5.09. The molecule has 8 nitrogen and oxygen atoms in total. The molecule has 5 rings (SSSR count). The smallest absolute Gasteiger partial charge is 0.496 e. The molecule has 1 aromatic heterocycles. The van der Waals surface area contributed by atoms with Gasteiger partial charge in [-0.25, -0.2) is 9.48 Å². The van der Waals surface area contributed by atoms with Crippen molar-refractivity contribution in [1.82, 2.24) is 9.78 Å². The number of nitrogens with zero attached hydrogens (tertiary/aromatic N) is 3. The fourth-order valence-corrected chi connectivity index (χ4v) is 5.09. The molecule has 226 valence electrons. The molecule has 4 aromatic rings. The van der Waals surface area contributed by atoms with Crippen LogP contribution in [0.3, 0.4) is 0 Å². The lowest BCUT2D eigenvalue weighted by molar-refractivity contribution is -0.274. The molecule has 1 saturated carbocycles. The van der Waals surface area contributed by atoms with Crippen LogP contribution in [0.2, 0.25) is 0 Å². The molecule has 1 aliphatic carbocycles. The van der Waals surface area contributed by atoms with Crippen LogP contribution in [-0.4, -0.2) is 43.4 Å². The van der Waals surface area contributed by atoms with E-state index in [1.54, 1.807) is 24.4 Å². The molecule has 0 aliphatic heterocycles. The minimum absolute atomic E-state index is 0.118. The summed E-state index contributed by atoms with van der Waals surface area (Å²) in [6, 6.07) is 17.0. The van der Waals surface area contributed by atoms with Crippen molar-refractivity contribution in [3.05, 3.63) is 94.8 Å². The number of carbonyl (C=O) groups is 1. The van der Waals surface area contributed by atoms with E-state index in [4.69, 9.17) is 14.2 Å². The summed E-state index contributed by atoms with van der Waals surface area (Å²) in [5.74, 6) is 0.571. The minimum Gasteiger partial charge on any atom is -0.496 e. The lowest BCUT2D eigenvalue weighted by Crippen LogP contribution is -2.19. The van der Waals surface area contributed by atoms with Crippen molar-refractivity contribution < 1.29 is 36.9 Å². The van der Waals surface area contributed by atoms with Gasteiger partial charge in [0, 0.05) is 24.8 Å². The zero-order chi connectivity index (χ0) is 30.7. The Balaban J connectivity index is 1.33. The van der Waals surface area contributed by atoms with Crippen molar-refractivity contribution in [2.24, 2.45) is 0 Å². The Morgan fingerprint density at radius 1 is 1.05 bits per heavy atom. The number of methoxy groups -OCH3 is 2. The number of para-hydroxylation sites is 2. The van der Waals surface area contributed by atoms with Crippen LogP contribution in [0.15, 0.2) is 66.9 Å². The molecule has 1 heterocycles.